The van der Waals surface area contributed by atoms with Crippen molar-refractivity contribution in [2.75, 3.05) is 37.6 Å². The molecule has 1 aromatic carbocycles. The number of thiophene rings is 1. The molecule has 2 atom stereocenters. The normalized spacial score (nSPS) is 21.7. The number of sulfonamides is 1. The van der Waals surface area contributed by atoms with Crippen LogP contribution in [0.4, 0.5) is 5.69 Å². The van der Waals surface area contributed by atoms with Crippen LogP contribution >= 0.6 is 11.3 Å². The fraction of sp³-hybridized carbons (Fsp3) is 0.476. The van der Waals surface area contributed by atoms with Gasteiger partial charge in [0.15, 0.2) is 0 Å². The summed E-state index contributed by atoms with van der Waals surface area (Å²) in [7, 11) is -3.68. The minimum Gasteiger partial charge on any atom is -0.369 e. The Kier molecular flexibility index (Phi) is 6.15. The maximum atomic E-state index is 13.2. The number of amides is 1. The minimum absolute atomic E-state index is 0.120. The molecule has 7 nitrogen and oxygen atoms in total. The van der Waals surface area contributed by atoms with Gasteiger partial charge in [-0.25, -0.2) is 13.6 Å². The lowest BCUT2D eigenvalue weighted by molar-refractivity contribution is -0.137. The molecule has 1 amide bonds. The van der Waals surface area contributed by atoms with E-state index < -0.39 is 10.0 Å². The second-order valence-corrected chi connectivity index (χ2v) is 10.5. The lowest BCUT2D eigenvalue weighted by Crippen LogP contribution is -2.54. The van der Waals surface area contributed by atoms with Crippen molar-refractivity contribution >= 4 is 33.0 Å². The number of hydrogen-bond acceptors (Lipinski definition) is 6. The molecule has 1 aromatic heterocycles. The molecule has 2 aliphatic rings. The summed E-state index contributed by atoms with van der Waals surface area (Å²) >= 11 is 1.73. The lowest BCUT2D eigenvalue weighted by Gasteiger charge is -2.40. The first-order valence-electron chi connectivity index (χ1n) is 10.3. The largest absolute Gasteiger partial charge is 0.369 e. The Morgan fingerprint density at radius 1 is 1.10 bits per heavy atom. The van der Waals surface area contributed by atoms with Crippen LogP contribution in [0, 0.1) is 0 Å². The number of likely N-dealkylation sites (tertiary alicyclic amines) is 1. The summed E-state index contributed by atoms with van der Waals surface area (Å²) in [6, 6.07) is 10.9. The molecule has 2 aliphatic heterocycles. The monoisotopic (exact) mass is 448 g/mol. The first kappa shape index (κ1) is 21.3. The van der Waals surface area contributed by atoms with E-state index in [0.29, 0.717) is 0 Å². The third kappa shape index (κ3) is 4.39. The summed E-state index contributed by atoms with van der Waals surface area (Å²) in [6.07, 6.45) is 2.10. The first-order chi connectivity index (χ1) is 14.3. The van der Waals surface area contributed by atoms with Gasteiger partial charge in [-0.15, -0.1) is 11.3 Å². The van der Waals surface area contributed by atoms with Crippen LogP contribution in [0.1, 0.15) is 30.7 Å². The van der Waals surface area contributed by atoms with Gasteiger partial charge in [0.1, 0.15) is 0 Å². The predicted molar refractivity (Wildman–Crippen MR) is 119 cm³/mol. The average molecular weight is 449 g/mol. The molecule has 30 heavy (non-hydrogen) atoms. The molecule has 2 aromatic rings. The minimum atomic E-state index is -3.68. The number of nitrogens with zero attached hydrogens (tertiary/aromatic N) is 3. The van der Waals surface area contributed by atoms with Gasteiger partial charge in [-0.05, 0) is 55.5 Å². The maximum absolute atomic E-state index is 13.2. The third-order valence-corrected chi connectivity index (χ3v) is 8.06. The number of hydrogen-bond donors (Lipinski definition) is 1. The zero-order chi connectivity index (χ0) is 21.3. The standard InChI is InChI=1S/C21H28N4O3S2/c1-16(21(26)25-10-2-4-19(25)20-5-3-15-29-20)23-11-13-24(14-12-23)17-6-8-18(9-7-17)30(22,27)28/h3,5-9,15-16,19H,2,4,10-14H2,1H3,(H2,22,27,28). The van der Waals surface area contributed by atoms with Crippen LogP contribution in [0.5, 0.6) is 0 Å². The van der Waals surface area contributed by atoms with Crippen molar-refractivity contribution in [2.24, 2.45) is 5.14 Å². The zero-order valence-corrected chi connectivity index (χ0v) is 18.7. The highest BCUT2D eigenvalue weighted by Crippen LogP contribution is 2.35. The van der Waals surface area contributed by atoms with Gasteiger partial charge < -0.3 is 9.80 Å². The second-order valence-electron chi connectivity index (χ2n) is 7.94. The Bertz CT molecular complexity index is 968. The lowest BCUT2D eigenvalue weighted by atomic mass is 10.1. The van der Waals surface area contributed by atoms with E-state index in [2.05, 4.69) is 32.2 Å². The molecule has 2 N–H and O–H groups in total. The van der Waals surface area contributed by atoms with Crippen LogP contribution in [0.3, 0.4) is 0 Å². The van der Waals surface area contributed by atoms with E-state index in [1.165, 1.54) is 4.88 Å². The molecule has 2 unspecified atom stereocenters. The maximum Gasteiger partial charge on any atom is 0.240 e. The van der Waals surface area contributed by atoms with Gasteiger partial charge in [-0.2, -0.15) is 0 Å². The fourth-order valence-corrected chi connectivity index (χ4v) is 5.81. The molecule has 2 fully saturated rings. The summed E-state index contributed by atoms with van der Waals surface area (Å²) in [5.74, 6) is 0.219. The number of nitrogens with two attached hydrogens (primary N) is 1. The summed E-state index contributed by atoms with van der Waals surface area (Å²) in [5, 5.41) is 7.25. The molecule has 0 saturated carbocycles. The van der Waals surface area contributed by atoms with Crippen LogP contribution in [-0.4, -0.2) is 62.9 Å². The molecular weight excluding hydrogens is 420 g/mol. The molecule has 0 radical (unpaired) electrons. The highest BCUT2D eigenvalue weighted by molar-refractivity contribution is 7.89. The molecule has 0 spiro atoms. The van der Waals surface area contributed by atoms with Crippen LogP contribution in [-0.2, 0) is 14.8 Å². The number of benzene rings is 1. The highest BCUT2D eigenvalue weighted by Gasteiger charge is 2.35. The van der Waals surface area contributed by atoms with E-state index >= 15 is 0 Å². The van der Waals surface area contributed by atoms with Gasteiger partial charge in [0, 0.05) is 43.3 Å². The molecule has 4 rings (SSSR count). The quantitative estimate of drug-likeness (QED) is 0.758. The Balaban J connectivity index is 1.36. The molecule has 9 heteroatoms. The molecule has 2 saturated heterocycles. The second kappa shape index (κ2) is 8.66. The Morgan fingerprint density at radius 2 is 1.80 bits per heavy atom. The van der Waals surface area contributed by atoms with Crippen molar-refractivity contribution in [2.45, 2.75) is 36.7 Å². The molecule has 162 valence electrons. The zero-order valence-electron chi connectivity index (χ0n) is 17.1. The number of rotatable bonds is 5. The molecule has 3 heterocycles. The van der Waals surface area contributed by atoms with Gasteiger partial charge in [-0.3, -0.25) is 9.69 Å². The number of carbonyl (C=O) groups is 1. The Hall–Kier alpha value is -1.94. The number of piperazine rings is 1. The van der Waals surface area contributed by atoms with Crippen molar-refractivity contribution < 1.29 is 13.2 Å². The first-order valence-corrected chi connectivity index (χ1v) is 12.7. The van der Waals surface area contributed by atoms with Crippen LogP contribution in [0.15, 0.2) is 46.7 Å². The van der Waals surface area contributed by atoms with Gasteiger partial charge in [0.25, 0.3) is 0 Å². The van der Waals surface area contributed by atoms with Crippen molar-refractivity contribution in [3.8, 4) is 0 Å². The van der Waals surface area contributed by atoms with Crippen molar-refractivity contribution in [3.63, 3.8) is 0 Å². The molecular formula is C21H28N4O3S2. The van der Waals surface area contributed by atoms with Crippen LogP contribution < -0.4 is 10.0 Å². The van der Waals surface area contributed by atoms with Gasteiger partial charge >= 0.3 is 0 Å². The summed E-state index contributed by atoms with van der Waals surface area (Å²) < 4.78 is 22.9. The van der Waals surface area contributed by atoms with E-state index in [-0.39, 0.29) is 22.9 Å². The van der Waals surface area contributed by atoms with E-state index in [1.807, 2.05) is 6.92 Å². The molecule has 0 aliphatic carbocycles. The number of primary sulfonamides is 1. The number of anilines is 1. The van der Waals surface area contributed by atoms with E-state index in [9.17, 15) is 13.2 Å². The SMILES string of the molecule is CC(C(=O)N1CCCC1c1cccs1)N1CCN(c2ccc(S(N)(=O)=O)cc2)CC1. The average Bonchev–Trinajstić information content (AvgIpc) is 3.44. The van der Waals surface area contributed by atoms with Crippen molar-refractivity contribution in [1.82, 2.24) is 9.80 Å². The van der Waals surface area contributed by atoms with E-state index in [0.717, 1.165) is 51.3 Å². The van der Waals surface area contributed by atoms with Gasteiger partial charge in [-0.1, -0.05) is 6.07 Å². The third-order valence-electron chi connectivity index (χ3n) is 6.16. The van der Waals surface area contributed by atoms with Gasteiger partial charge in [0.2, 0.25) is 15.9 Å². The van der Waals surface area contributed by atoms with Crippen LogP contribution in [0.2, 0.25) is 0 Å². The van der Waals surface area contributed by atoms with E-state index in [1.54, 1.807) is 35.6 Å². The van der Waals surface area contributed by atoms with Gasteiger partial charge in [0.05, 0.1) is 17.0 Å². The predicted octanol–water partition coefficient (Wildman–Crippen LogP) is 2.27. The summed E-state index contributed by atoms with van der Waals surface area (Å²) in [4.78, 5) is 21.2. The Morgan fingerprint density at radius 3 is 2.40 bits per heavy atom. The molecule has 0 bridgehead atoms. The topological polar surface area (TPSA) is 86.9 Å². The van der Waals surface area contributed by atoms with Crippen molar-refractivity contribution in [3.05, 3.63) is 46.7 Å². The van der Waals surface area contributed by atoms with Crippen molar-refractivity contribution in [1.29, 1.82) is 0 Å². The smallest absolute Gasteiger partial charge is 0.240 e. The number of carbonyl (C=O) groups excluding carboxylic acids is 1. The fourth-order valence-electron chi connectivity index (χ4n) is 4.42. The van der Waals surface area contributed by atoms with Crippen LogP contribution in [0.25, 0.3) is 0 Å². The Labute approximate surface area is 182 Å². The highest BCUT2D eigenvalue weighted by atomic mass is 32.2. The van der Waals surface area contributed by atoms with E-state index in [4.69, 9.17) is 5.14 Å². The summed E-state index contributed by atoms with van der Waals surface area (Å²) in [6.45, 7) is 6.02. The summed E-state index contributed by atoms with van der Waals surface area (Å²) in [5.41, 5.74) is 0.971.